The molecule has 0 unspecified atom stereocenters. The van der Waals surface area contributed by atoms with Crippen LogP contribution >= 0.6 is 31.9 Å². The van der Waals surface area contributed by atoms with E-state index in [-0.39, 0.29) is 0 Å². The molecule has 23 rings (SSSR count). The molecule has 16 aromatic carbocycles. The Labute approximate surface area is 634 Å². The Morgan fingerprint density at radius 2 is 0.519 bits per heavy atom. The SMILES string of the molecule is Brc1cccc(Br)c1-n1c2ccccc2c2cc(-n3c4ccccc4c4ccccc43)ccc21.OB(O)c1ccc2oc3ccccc3c2c1.c1cc(-c2ccc3oc4ccccc4c3c2)c(-n2c3ccccc3c3cc(-n4c5ccccc5c5ccccc54)ccc32)c(-c2ccc3oc4ccccc4c3c2)c1. The molecule has 0 aliphatic heterocycles. The predicted octanol–water partition coefficient (Wildman–Crippen LogP) is 25.7. The second-order valence-corrected chi connectivity index (χ2v) is 29.2. The van der Waals surface area contributed by atoms with Crippen molar-refractivity contribution in [3.05, 3.63) is 355 Å². The lowest BCUT2D eigenvalue weighted by Crippen LogP contribution is -2.29. The van der Waals surface area contributed by atoms with Crippen molar-refractivity contribution in [1.29, 1.82) is 0 Å². The van der Waals surface area contributed by atoms with Crippen LogP contribution in [0, 0.1) is 0 Å². The largest absolute Gasteiger partial charge is 0.488 e. The van der Waals surface area contributed by atoms with Crippen molar-refractivity contribution in [2.75, 3.05) is 0 Å². The molecule has 0 aliphatic rings. The minimum Gasteiger partial charge on any atom is -0.456 e. The fraction of sp³-hybridized carbons (Fsp3) is 0. The van der Waals surface area contributed by atoms with Gasteiger partial charge in [-0.1, -0.05) is 212 Å². The number of rotatable bonds is 7. The van der Waals surface area contributed by atoms with Crippen LogP contribution < -0.4 is 5.46 Å². The van der Waals surface area contributed by atoms with Crippen molar-refractivity contribution in [1.82, 2.24) is 18.3 Å². The lowest BCUT2D eigenvalue weighted by Gasteiger charge is -2.19. The van der Waals surface area contributed by atoms with Crippen molar-refractivity contribution in [3.8, 4) is 45.0 Å². The van der Waals surface area contributed by atoms with Gasteiger partial charge in [0.05, 0.1) is 55.5 Å². The monoisotopic (exact) mass is 1520 g/mol. The van der Waals surface area contributed by atoms with Gasteiger partial charge in [-0.15, -0.1) is 0 Å². The van der Waals surface area contributed by atoms with E-state index < -0.39 is 7.12 Å². The smallest absolute Gasteiger partial charge is 0.456 e. The summed E-state index contributed by atoms with van der Waals surface area (Å²) in [6.07, 6.45) is 0. The van der Waals surface area contributed by atoms with Crippen LogP contribution in [0.15, 0.2) is 368 Å². The fourth-order valence-corrected chi connectivity index (χ4v) is 18.1. The van der Waals surface area contributed by atoms with Crippen molar-refractivity contribution in [3.63, 3.8) is 0 Å². The number of benzene rings is 16. The van der Waals surface area contributed by atoms with E-state index in [1.807, 2.05) is 54.6 Å². The van der Waals surface area contributed by atoms with Gasteiger partial charge in [0.15, 0.2) is 0 Å². The van der Waals surface area contributed by atoms with Crippen LogP contribution in [0.2, 0.25) is 0 Å². The van der Waals surface area contributed by atoms with E-state index in [4.69, 9.17) is 23.3 Å². The maximum atomic E-state index is 9.12. The Morgan fingerprint density at radius 3 is 0.907 bits per heavy atom. The summed E-state index contributed by atoms with van der Waals surface area (Å²) >= 11 is 7.57. The van der Waals surface area contributed by atoms with Crippen molar-refractivity contribution in [2.24, 2.45) is 0 Å². The highest BCUT2D eigenvalue weighted by Gasteiger charge is 2.25. The van der Waals surface area contributed by atoms with Crippen molar-refractivity contribution >= 4 is 197 Å². The molecule has 7 aromatic heterocycles. The first-order valence-electron chi connectivity index (χ1n) is 36.0. The average molecular weight is 1520 g/mol. The standard InChI is InChI=1S/C54H32N2O2.C30H18Br2N2.C12H9BO3/c1-6-19-46-38(12-1)39-13-2-7-20-47(39)55(46)35-26-27-49-43(32-35)40-14-3-8-21-48(40)56(49)54-36(33-24-28-52-44(30-33)41-15-4-9-22-50(41)57-52)17-11-18-37(54)34-25-29-53-45(31-34)42-16-5-10-23-51(42)58-53;31-24-11-7-12-25(32)30(24)34-28-15-6-3-10-22(28)23-18-19(16-17-29(23)34)33-26-13-4-1-8-20(26)21-9-2-5-14-27(21)33;14-13(15)8-5-6-12-10(7-8)9-3-1-2-4-11(9)16-12/h1-32H;1-18H;1-7,14-15H. The van der Waals surface area contributed by atoms with Crippen LogP contribution in [-0.4, -0.2) is 35.4 Å². The first-order valence-corrected chi connectivity index (χ1v) is 37.6. The Hall–Kier alpha value is -12.9. The van der Waals surface area contributed by atoms with Gasteiger partial charge in [-0.2, -0.15) is 0 Å². The molecule has 9 nitrogen and oxygen atoms in total. The summed E-state index contributed by atoms with van der Waals surface area (Å²) in [6.45, 7) is 0. The molecule has 2 N–H and O–H groups in total. The summed E-state index contributed by atoms with van der Waals surface area (Å²) in [6, 6.07) is 122. The highest BCUT2D eigenvalue weighted by Crippen LogP contribution is 2.47. The van der Waals surface area contributed by atoms with E-state index in [1.165, 1.54) is 81.9 Å². The molecule has 7 heterocycles. The molecule has 12 heteroatoms. The maximum Gasteiger partial charge on any atom is 0.488 e. The Bertz CT molecular complexity index is 7360. The lowest BCUT2D eigenvalue weighted by atomic mass is 9.80. The van der Waals surface area contributed by atoms with Gasteiger partial charge < -0.3 is 41.6 Å². The van der Waals surface area contributed by atoms with Gasteiger partial charge in [0.2, 0.25) is 0 Å². The number of para-hydroxylation sites is 11. The lowest BCUT2D eigenvalue weighted by molar-refractivity contribution is 0.426. The molecule has 108 heavy (non-hydrogen) atoms. The van der Waals surface area contributed by atoms with Crippen LogP contribution in [0.3, 0.4) is 0 Å². The quantitative estimate of drug-likeness (QED) is 0.155. The molecular weight excluding hydrogens is 1460 g/mol. The van der Waals surface area contributed by atoms with Crippen LogP contribution in [0.4, 0.5) is 0 Å². The van der Waals surface area contributed by atoms with Gasteiger partial charge in [0.1, 0.15) is 33.5 Å². The number of fused-ring (bicyclic) bond motifs is 21. The van der Waals surface area contributed by atoms with E-state index in [9.17, 15) is 0 Å². The van der Waals surface area contributed by atoms with E-state index in [0.29, 0.717) is 5.46 Å². The van der Waals surface area contributed by atoms with Crippen LogP contribution in [0.25, 0.3) is 198 Å². The third-order valence-electron chi connectivity index (χ3n) is 21.5. The number of halogens is 2. The molecule has 0 radical (unpaired) electrons. The minimum absolute atomic E-state index is 0.471. The summed E-state index contributed by atoms with van der Waals surface area (Å²) in [5, 5.41) is 34.5. The third kappa shape index (κ3) is 10.1. The van der Waals surface area contributed by atoms with Crippen molar-refractivity contribution in [2.45, 2.75) is 0 Å². The van der Waals surface area contributed by atoms with Gasteiger partial charge in [0, 0.05) is 107 Å². The summed E-state index contributed by atoms with van der Waals surface area (Å²) in [7, 11) is -1.45. The van der Waals surface area contributed by atoms with Crippen molar-refractivity contribution < 1.29 is 23.3 Å². The molecule has 510 valence electrons. The highest BCUT2D eigenvalue weighted by molar-refractivity contribution is 9.11. The van der Waals surface area contributed by atoms with E-state index in [2.05, 4.69) is 323 Å². The second kappa shape index (κ2) is 25.4. The molecular formula is C96H59BBr2N4O5. The first kappa shape index (κ1) is 63.5. The summed E-state index contributed by atoms with van der Waals surface area (Å²) < 4.78 is 29.9. The molecule has 0 saturated heterocycles. The highest BCUT2D eigenvalue weighted by atomic mass is 79.9. The zero-order chi connectivity index (χ0) is 71.8. The number of nitrogens with zero attached hydrogens (tertiary/aromatic N) is 4. The topological polar surface area (TPSA) is 99.6 Å². The Balaban J connectivity index is 0.000000124. The maximum absolute atomic E-state index is 9.12. The predicted molar refractivity (Wildman–Crippen MR) is 455 cm³/mol. The zero-order valence-electron chi connectivity index (χ0n) is 57.7. The third-order valence-corrected chi connectivity index (χ3v) is 22.8. The molecule has 0 aliphatic carbocycles. The van der Waals surface area contributed by atoms with E-state index in [0.717, 1.165) is 125 Å². The zero-order valence-corrected chi connectivity index (χ0v) is 60.8. The van der Waals surface area contributed by atoms with Crippen LogP contribution in [0.1, 0.15) is 0 Å². The average Bonchev–Trinajstić information content (AvgIpc) is 1.54. The number of hydrogen-bond donors (Lipinski definition) is 2. The molecule has 0 atom stereocenters. The van der Waals surface area contributed by atoms with Gasteiger partial charge in [-0.05, 0) is 182 Å². The molecule has 0 spiro atoms. The number of furan rings is 3. The molecule has 23 aromatic rings. The number of aromatic nitrogens is 4. The Morgan fingerprint density at radius 1 is 0.222 bits per heavy atom. The Kier molecular flexibility index (Phi) is 14.9. The summed E-state index contributed by atoms with van der Waals surface area (Å²) in [5.41, 5.74) is 24.1. The van der Waals surface area contributed by atoms with E-state index in [1.54, 1.807) is 18.2 Å². The molecule has 0 bridgehead atoms. The normalized spacial score (nSPS) is 11.9. The van der Waals surface area contributed by atoms with E-state index >= 15 is 0 Å². The molecule has 0 amide bonds. The number of hydrogen-bond acceptors (Lipinski definition) is 5. The van der Waals surface area contributed by atoms with Crippen LogP contribution in [-0.2, 0) is 0 Å². The molecule has 0 fully saturated rings. The second-order valence-electron chi connectivity index (χ2n) is 27.5. The van der Waals surface area contributed by atoms with Gasteiger partial charge >= 0.3 is 7.12 Å². The van der Waals surface area contributed by atoms with Gasteiger partial charge in [-0.3, -0.25) is 0 Å². The minimum atomic E-state index is -1.45. The first-order chi connectivity index (χ1) is 53.2. The van der Waals surface area contributed by atoms with Crippen LogP contribution in [0.5, 0.6) is 0 Å². The summed E-state index contributed by atoms with van der Waals surface area (Å²) in [4.78, 5) is 0. The van der Waals surface area contributed by atoms with Gasteiger partial charge in [0.25, 0.3) is 0 Å². The molecule has 0 saturated carbocycles. The summed E-state index contributed by atoms with van der Waals surface area (Å²) in [5.74, 6) is 0. The fourth-order valence-electron chi connectivity index (χ4n) is 16.7. The van der Waals surface area contributed by atoms with Gasteiger partial charge in [-0.25, -0.2) is 0 Å².